The van der Waals surface area contributed by atoms with Crippen LogP contribution in [0.2, 0.25) is 0 Å². The molecule has 106 valence electrons. The first-order valence-corrected chi connectivity index (χ1v) is 7.49. The molecule has 0 saturated carbocycles. The molecule has 1 aromatic heterocycles. The lowest BCUT2D eigenvalue weighted by Gasteiger charge is -2.20. The Kier molecular flexibility index (Phi) is 5.26. The molecule has 1 unspecified atom stereocenters. The summed E-state index contributed by atoms with van der Waals surface area (Å²) in [6, 6.07) is 9.10. The fraction of sp³-hybridized carbons (Fsp3) is 0.312. The molecule has 0 amide bonds. The van der Waals surface area contributed by atoms with Crippen molar-refractivity contribution in [3.63, 3.8) is 0 Å². The molecule has 0 radical (unpaired) electrons. The number of hydrogen-bond donors (Lipinski definition) is 1. The van der Waals surface area contributed by atoms with Gasteiger partial charge in [-0.1, -0.05) is 13.0 Å². The number of benzene rings is 1. The van der Waals surface area contributed by atoms with Gasteiger partial charge in [0.2, 0.25) is 0 Å². The smallest absolute Gasteiger partial charge is 0.123 e. The summed E-state index contributed by atoms with van der Waals surface area (Å²) < 4.78 is 14.2. The van der Waals surface area contributed by atoms with Crippen LogP contribution in [-0.4, -0.2) is 11.5 Å². The topological polar surface area (TPSA) is 24.9 Å². The summed E-state index contributed by atoms with van der Waals surface area (Å²) in [5, 5.41) is 3.45. The van der Waals surface area contributed by atoms with E-state index in [0.29, 0.717) is 0 Å². The van der Waals surface area contributed by atoms with E-state index in [9.17, 15) is 4.39 Å². The van der Waals surface area contributed by atoms with Crippen LogP contribution in [0.1, 0.15) is 29.8 Å². The van der Waals surface area contributed by atoms with Crippen LogP contribution in [0, 0.1) is 12.7 Å². The Morgan fingerprint density at radius 3 is 2.70 bits per heavy atom. The minimum atomic E-state index is -0.191. The summed E-state index contributed by atoms with van der Waals surface area (Å²) in [6.07, 6.45) is 2.59. The van der Waals surface area contributed by atoms with Gasteiger partial charge in [0.15, 0.2) is 0 Å². The summed E-state index contributed by atoms with van der Waals surface area (Å²) in [4.78, 5) is 4.41. The molecule has 1 N–H and O–H groups in total. The molecule has 0 aliphatic carbocycles. The molecule has 1 aromatic carbocycles. The van der Waals surface area contributed by atoms with Gasteiger partial charge in [0.05, 0.1) is 0 Å². The van der Waals surface area contributed by atoms with E-state index in [-0.39, 0.29) is 11.9 Å². The minimum Gasteiger partial charge on any atom is -0.310 e. The van der Waals surface area contributed by atoms with Crippen molar-refractivity contribution >= 4 is 15.9 Å². The second kappa shape index (κ2) is 6.95. The van der Waals surface area contributed by atoms with Crippen LogP contribution < -0.4 is 5.32 Å². The Morgan fingerprint density at radius 1 is 1.30 bits per heavy atom. The van der Waals surface area contributed by atoms with Crippen LogP contribution >= 0.6 is 15.9 Å². The molecule has 4 heteroatoms. The van der Waals surface area contributed by atoms with Gasteiger partial charge in [-0.15, -0.1) is 0 Å². The highest BCUT2D eigenvalue weighted by atomic mass is 79.9. The van der Waals surface area contributed by atoms with E-state index >= 15 is 0 Å². The lowest BCUT2D eigenvalue weighted by Crippen LogP contribution is -2.24. The lowest BCUT2D eigenvalue weighted by molar-refractivity contribution is 0.539. The van der Waals surface area contributed by atoms with Crippen molar-refractivity contribution in [3.05, 3.63) is 63.6 Å². The molecule has 2 rings (SSSR count). The Bertz CT molecular complexity index is 569. The number of pyridine rings is 1. The van der Waals surface area contributed by atoms with Crippen molar-refractivity contribution in [3.8, 4) is 0 Å². The van der Waals surface area contributed by atoms with Crippen molar-refractivity contribution in [1.82, 2.24) is 10.3 Å². The van der Waals surface area contributed by atoms with Crippen molar-refractivity contribution in [1.29, 1.82) is 0 Å². The van der Waals surface area contributed by atoms with E-state index < -0.39 is 0 Å². The third kappa shape index (κ3) is 3.87. The molecule has 1 heterocycles. The molecule has 0 saturated heterocycles. The van der Waals surface area contributed by atoms with E-state index in [1.54, 1.807) is 12.3 Å². The SMILES string of the molecule is CCNC(Cc1ccc(Br)cn1)c1ccc(F)cc1C. The molecule has 0 aliphatic rings. The molecular weight excluding hydrogens is 319 g/mol. The predicted octanol–water partition coefficient (Wildman–Crippen LogP) is 4.18. The zero-order valence-electron chi connectivity index (χ0n) is 11.7. The monoisotopic (exact) mass is 336 g/mol. The summed E-state index contributed by atoms with van der Waals surface area (Å²) >= 11 is 3.39. The number of likely N-dealkylation sites (N-methyl/N-ethyl adjacent to an activating group) is 1. The first-order chi connectivity index (χ1) is 9.60. The third-order valence-corrected chi connectivity index (χ3v) is 3.73. The Labute approximate surface area is 127 Å². The number of nitrogens with one attached hydrogen (secondary N) is 1. The van der Waals surface area contributed by atoms with Crippen molar-refractivity contribution in [2.75, 3.05) is 6.54 Å². The van der Waals surface area contributed by atoms with Gasteiger partial charge in [0, 0.05) is 28.8 Å². The number of halogens is 2. The van der Waals surface area contributed by atoms with Crippen LogP contribution in [0.3, 0.4) is 0 Å². The summed E-state index contributed by atoms with van der Waals surface area (Å²) in [6.45, 7) is 4.87. The van der Waals surface area contributed by atoms with E-state index in [1.165, 1.54) is 6.07 Å². The normalized spacial score (nSPS) is 12.4. The highest BCUT2D eigenvalue weighted by Gasteiger charge is 2.14. The minimum absolute atomic E-state index is 0.147. The van der Waals surface area contributed by atoms with Crippen LogP contribution in [-0.2, 0) is 6.42 Å². The van der Waals surface area contributed by atoms with Gasteiger partial charge in [-0.2, -0.15) is 0 Å². The standard InChI is InChI=1S/C16H18BrFN2/c1-3-19-16(9-14-6-4-12(17)10-20-14)15-7-5-13(18)8-11(15)2/h4-8,10,16,19H,3,9H2,1-2H3. The van der Waals surface area contributed by atoms with Gasteiger partial charge in [0.25, 0.3) is 0 Å². The van der Waals surface area contributed by atoms with E-state index in [1.807, 2.05) is 25.1 Å². The number of aryl methyl sites for hydroxylation is 1. The fourth-order valence-electron chi connectivity index (χ4n) is 2.30. The number of nitrogens with zero attached hydrogens (tertiary/aromatic N) is 1. The molecule has 0 aliphatic heterocycles. The maximum absolute atomic E-state index is 13.2. The van der Waals surface area contributed by atoms with Crippen molar-refractivity contribution in [2.45, 2.75) is 26.3 Å². The molecule has 1 atom stereocenters. The highest BCUT2D eigenvalue weighted by Crippen LogP contribution is 2.22. The zero-order chi connectivity index (χ0) is 14.5. The van der Waals surface area contributed by atoms with Gasteiger partial charge in [0.1, 0.15) is 5.82 Å². The molecule has 0 spiro atoms. The van der Waals surface area contributed by atoms with Gasteiger partial charge in [-0.25, -0.2) is 4.39 Å². The molecule has 20 heavy (non-hydrogen) atoms. The lowest BCUT2D eigenvalue weighted by atomic mass is 9.97. The predicted molar refractivity (Wildman–Crippen MR) is 83.2 cm³/mol. The van der Waals surface area contributed by atoms with E-state index in [2.05, 4.69) is 33.2 Å². The van der Waals surface area contributed by atoms with Gasteiger partial charge >= 0.3 is 0 Å². The molecule has 0 fully saturated rings. The van der Waals surface area contributed by atoms with Crippen molar-refractivity contribution in [2.24, 2.45) is 0 Å². The Morgan fingerprint density at radius 2 is 2.10 bits per heavy atom. The van der Waals surface area contributed by atoms with Crippen LogP contribution in [0.5, 0.6) is 0 Å². The first-order valence-electron chi connectivity index (χ1n) is 6.70. The van der Waals surface area contributed by atoms with Crippen LogP contribution in [0.4, 0.5) is 4.39 Å². The zero-order valence-corrected chi connectivity index (χ0v) is 13.2. The number of aromatic nitrogens is 1. The highest BCUT2D eigenvalue weighted by molar-refractivity contribution is 9.10. The number of hydrogen-bond acceptors (Lipinski definition) is 2. The van der Waals surface area contributed by atoms with E-state index in [4.69, 9.17) is 0 Å². The van der Waals surface area contributed by atoms with Gasteiger partial charge in [-0.05, 0) is 64.8 Å². The maximum Gasteiger partial charge on any atom is 0.123 e. The largest absolute Gasteiger partial charge is 0.310 e. The molecule has 2 nitrogen and oxygen atoms in total. The fourth-order valence-corrected chi connectivity index (χ4v) is 2.54. The maximum atomic E-state index is 13.2. The molecule has 2 aromatic rings. The average molecular weight is 337 g/mol. The second-order valence-corrected chi connectivity index (χ2v) is 5.70. The third-order valence-electron chi connectivity index (χ3n) is 3.26. The second-order valence-electron chi connectivity index (χ2n) is 4.78. The number of rotatable bonds is 5. The Hall–Kier alpha value is -1.26. The Balaban J connectivity index is 2.24. The molecule has 0 bridgehead atoms. The summed E-state index contributed by atoms with van der Waals surface area (Å²) in [7, 11) is 0. The van der Waals surface area contributed by atoms with Crippen LogP contribution in [0.15, 0.2) is 41.0 Å². The average Bonchev–Trinajstić information content (AvgIpc) is 2.41. The first kappa shape index (κ1) is 15.1. The van der Waals surface area contributed by atoms with Gasteiger partial charge < -0.3 is 5.32 Å². The summed E-state index contributed by atoms with van der Waals surface area (Å²) in [5.74, 6) is -0.191. The van der Waals surface area contributed by atoms with Crippen LogP contribution in [0.25, 0.3) is 0 Å². The summed E-state index contributed by atoms with van der Waals surface area (Å²) in [5.41, 5.74) is 3.11. The molecular formula is C16H18BrFN2. The van der Waals surface area contributed by atoms with Crippen molar-refractivity contribution < 1.29 is 4.39 Å². The van der Waals surface area contributed by atoms with E-state index in [0.717, 1.165) is 34.3 Å². The quantitative estimate of drug-likeness (QED) is 0.885. The van der Waals surface area contributed by atoms with Gasteiger partial charge in [-0.3, -0.25) is 4.98 Å².